The van der Waals surface area contributed by atoms with Gasteiger partial charge in [-0.2, -0.15) is 0 Å². The van der Waals surface area contributed by atoms with Crippen LogP contribution in [0.5, 0.6) is 0 Å². The van der Waals surface area contributed by atoms with Gasteiger partial charge in [-0.3, -0.25) is 9.36 Å². The fourth-order valence-electron chi connectivity index (χ4n) is 3.43. The van der Waals surface area contributed by atoms with Gasteiger partial charge in [0.25, 0.3) is 5.56 Å². The summed E-state index contributed by atoms with van der Waals surface area (Å²) in [6.07, 6.45) is 0. The fourth-order valence-corrected chi connectivity index (χ4v) is 5.34. The number of nitrogens with zero attached hydrogens (tertiary/aromatic N) is 3. The maximum atomic E-state index is 13.3. The van der Waals surface area contributed by atoms with Gasteiger partial charge in [0.1, 0.15) is 0 Å². The van der Waals surface area contributed by atoms with E-state index in [1.807, 2.05) is 55.5 Å². The Morgan fingerprint density at radius 3 is 2.39 bits per heavy atom. The van der Waals surface area contributed by atoms with Crippen molar-refractivity contribution in [3.63, 3.8) is 0 Å². The van der Waals surface area contributed by atoms with E-state index in [4.69, 9.17) is 4.98 Å². The molecule has 0 fully saturated rings. The number of fused-ring (bicyclic) bond motifs is 1. The van der Waals surface area contributed by atoms with E-state index in [2.05, 4.69) is 0 Å². The molecule has 0 saturated heterocycles. The highest BCUT2D eigenvalue weighted by Gasteiger charge is 2.18. The van der Waals surface area contributed by atoms with E-state index >= 15 is 0 Å². The largest absolute Gasteiger partial charge is 0.283 e. The highest BCUT2D eigenvalue weighted by molar-refractivity contribution is 7.98. The van der Waals surface area contributed by atoms with Crippen LogP contribution in [0.4, 0.5) is 0 Å². The number of aromatic nitrogens is 2. The van der Waals surface area contributed by atoms with Crippen molar-refractivity contribution >= 4 is 32.7 Å². The molecule has 8 heteroatoms. The fraction of sp³-hybridized carbons (Fsp3) is 0.200. The van der Waals surface area contributed by atoms with Crippen LogP contribution in [0, 0.1) is 6.92 Å². The number of benzene rings is 3. The molecule has 170 valence electrons. The maximum Gasteiger partial charge on any atom is 0.262 e. The second-order valence-electron chi connectivity index (χ2n) is 8.01. The molecular weight excluding hydrogens is 454 g/mol. The minimum atomic E-state index is -3.52. The van der Waals surface area contributed by atoms with Crippen LogP contribution < -0.4 is 5.56 Å². The first-order valence-corrected chi connectivity index (χ1v) is 12.9. The molecule has 1 aromatic heterocycles. The molecule has 0 radical (unpaired) electrons. The Hall–Kier alpha value is -2.94. The minimum absolute atomic E-state index is 0.0902. The number of hydrogen-bond donors (Lipinski definition) is 0. The molecule has 0 aliphatic rings. The van der Waals surface area contributed by atoms with Crippen molar-refractivity contribution < 1.29 is 8.42 Å². The molecular formula is C25H25N3O3S2. The van der Waals surface area contributed by atoms with Crippen LogP contribution in [0.2, 0.25) is 0 Å². The number of thioether (sulfide) groups is 1. The molecule has 0 atom stereocenters. The molecule has 0 aliphatic heterocycles. The zero-order chi connectivity index (χ0) is 23.6. The molecule has 0 amide bonds. The van der Waals surface area contributed by atoms with E-state index < -0.39 is 10.0 Å². The van der Waals surface area contributed by atoms with Gasteiger partial charge in [-0.1, -0.05) is 65.9 Å². The third-order valence-electron chi connectivity index (χ3n) is 5.33. The van der Waals surface area contributed by atoms with Crippen molar-refractivity contribution in [3.8, 4) is 0 Å². The lowest BCUT2D eigenvalue weighted by atomic mass is 10.1. The lowest BCUT2D eigenvalue weighted by Gasteiger charge is -2.14. The van der Waals surface area contributed by atoms with Gasteiger partial charge >= 0.3 is 0 Å². The van der Waals surface area contributed by atoms with Crippen molar-refractivity contribution in [3.05, 3.63) is 99.8 Å². The summed E-state index contributed by atoms with van der Waals surface area (Å²) >= 11 is 1.42. The van der Waals surface area contributed by atoms with Crippen LogP contribution in [-0.4, -0.2) is 36.4 Å². The molecule has 4 rings (SSSR count). The number of aryl methyl sites for hydroxylation is 1. The van der Waals surface area contributed by atoms with E-state index in [0.717, 1.165) is 16.7 Å². The first kappa shape index (κ1) is 23.2. The second kappa shape index (κ2) is 9.51. The highest BCUT2D eigenvalue weighted by atomic mass is 32.2. The Labute approximate surface area is 198 Å². The topological polar surface area (TPSA) is 72.3 Å². The van der Waals surface area contributed by atoms with Crippen LogP contribution in [0.25, 0.3) is 10.9 Å². The molecule has 4 aromatic rings. The maximum absolute atomic E-state index is 13.3. The number of hydrogen-bond acceptors (Lipinski definition) is 5. The summed E-state index contributed by atoms with van der Waals surface area (Å²) < 4.78 is 27.9. The predicted molar refractivity (Wildman–Crippen MR) is 133 cm³/mol. The monoisotopic (exact) mass is 479 g/mol. The lowest BCUT2D eigenvalue weighted by Crippen LogP contribution is -2.24. The van der Waals surface area contributed by atoms with Crippen LogP contribution in [-0.2, 0) is 22.3 Å². The van der Waals surface area contributed by atoms with Gasteiger partial charge < -0.3 is 0 Å². The van der Waals surface area contributed by atoms with Crippen LogP contribution in [0.1, 0.15) is 16.7 Å². The SMILES string of the molecule is Cc1ccc(Cn2c(SCc3cccc(S(=O)(=O)N(C)C)c3)nc3ccccc3c2=O)cc1. The molecule has 1 heterocycles. The molecule has 6 nitrogen and oxygen atoms in total. The molecule has 0 N–H and O–H groups in total. The van der Waals surface area contributed by atoms with Crippen molar-refractivity contribution in [1.82, 2.24) is 13.9 Å². The summed E-state index contributed by atoms with van der Waals surface area (Å²) in [4.78, 5) is 18.3. The van der Waals surface area contributed by atoms with E-state index in [0.29, 0.717) is 28.4 Å². The third kappa shape index (κ3) is 5.03. The van der Waals surface area contributed by atoms with Crippen LogP contribution in [0.15, 0.2) is 87.6 Å². The van der Waals surface area contributed by atoms with Crippen molar-refractivity contribution in [1.29, 1.82) is 0 Å². The zero-order valence-corrected chi connectivity index (χ0v) is 20.4. The van der Waals surface area contributed by atoms with Gasteiger partial charge in [-0.25, -0.2) is 17.7 Å². The van der Waals surface area contributed by atoms with Gasteiger partial charge in [0, 0.05) is 19.8 Å². The van der Waals surface area contributed by atoms with Crippen molar-refractivity contribution in [2.75, 3.05) is 14.1 Å². The average molecular weight is 480 g/mol. The molecule has 33 heavy (non-hydrogen) atoms. The van der Waals surface area contributed by atoms with E-state index in [1.54, 1.807) is 28.8 Å². The van der Waals surface area contributed by atoms with E-state index in [1.165, 1.54) is 30.2 Å². The summed E-state index contributed by atoms with van der Waals surface area (Å²) in [5.41, 5.74) is 3.57. The van der Waals surface area contributed by atoms with Crippen molar-refractivity contribution in [2.45, 2.75) is 29.3 Å². The van der Waals surface area contributed by atoms with Crippen LogP contribution >= 0.6 is 11.8 Å². The molecule has 3 aromatic carbocycles. The Morgan fingerprint density at radius 2 is 1.67 bits per heavy atom. The van der Waals surface area contributed by atoms with Gasteiger partial charge in [0.15, 0.2) is 5.16 Å². The lowest BCUT2D eigenvalue weighted by molar-refractivity contribution is 0.520. The summed E-state index contributed by atoms with van der Waals surface area (Å²) in [5.74, 6) is 0.482. The molecule has 0 spiro atoms. The Kier molecular flexibility index (Phi) is 6.69. The van der Waals surface area contributed by atoms with Gasteiger partial charge in [0.2, 0.25) is 10.0 Å². The summed E-state index contributed by atoms with van der Waals surface area (Å²) in [7, 11) is -0.490. The standard InChI is InChI=1S/C25H25N3O3S2/c1-18-11-13-19(14-12-18)16-28-24(29)22-9-4-5-10-23(22)26-25(28)32-17-20-7-6-8-21(15-20)33(30,31)27(2)3/h4-15H,16-17H2,1-3H3. The smallest absolute Gasteiger partial charge is 0.262 e. The summed E-state index contributed by atoms with van der Waals surface area (Å²) in [6, 6.07) is 22.3. The second-order valence-corrected chi connectivity index (χ2v) is 11.1. The number of para-hydroxylation sites is 1. The number of sulfonamides is 1. The normalized spacial score (nSPS) is 11.9. The molecule has 0 unspecified atom stereocenters. The zero-order valence-electron chi connectivity index (χ0n) is 18.7. The van der Waals surface area contributed by atoms with E-state index in [-0.39, 0.29) is 10.5 Å². The minimum Gasteiger partial charge on any atom is -0.283 e. The van der Waals surface area contributed by atoms with Gasteiger partial charge in [0.05, 0.1) is 22.3 Å². The molecule has 0 bridgehead atoms. The van der Waals surface area contributed by atoms with Crippen molar-refractivity contribution in [2.24, 2.45) is 0 Å². The Morgan fingerprint density at radius 1 is 0.939 bits per heavy atom. The van der Waals surface area contributed by atoms with Gasteiger partial charge in [-0.15, -0.1) is 0 Å². The molecule has 0 aliphatic carbocycles. The Bertz CT molecular complexity index is 1460. The first-order valence-electron chi connectivity index (χ1n) is 10.4. The van der Waals surface area contributed by atoms with Gasteiger partial charge in [-0.05, 0) is 42.3 Å². The van der Waals surface area contributed by atoms with E-state index in [9.17, 15) is 13.2 Å². The Balaban J connectivity index is 1.70. The predicted octanol–water partition coefficient (Wildman–Crippen LogP) is 4.30. The van der Waals surface area contributed by atoms with Crippen LogP contribution in [0.3, 0.4) is 0 Å². The average Bonchev–Trinajstić information content (AvgIpc) is 2.81. The third-order valence-corrected chi connectivity index (χ3v) is 8.19. The molecule has 0 saturated carbocycles. The number of rotatable bonds is 7. The summed E-state index contributed by atoms with van der Waals surface area (Å²) in [6.45, 7) is 2.44. The quantitative estimate of drug-likeness (QED) is 0.292. The first-order chi connectivity index (χ1) is 15.8. The highest BCUT2D eigenvalue weighted by Crippen LogP contribution is 2.25. The summed E-state index contributed by atoms with van der Waals surface area (Å²) in [5, 5.41) is 1.17.